The number of aliphatic hydroxyl groups excluding tert-OH is 1. The van der Waals surface area contributed by atoms with E-state index in [2.05, 4.69) is 40.7 Å². The van der Waals surface area contributed by atoms with Crippen molar-refractivity contribution in [3.8, 4) is 0 Å². The van der Waals surface area contributed by atoms with Gasteiger partial charge >= 0.3 is 0 Å². The van der Waals surface area contributed by atoms with Crippen LogP contribution < -0.4 is 0 Å². The van der Waals surface area contributed by atoms with E-state index in [0.29, 0.717) is 22.7 Å². The Morgan fingerprint density at radius 2 is 1.89 bits per heavy atom. The number of fused-ring (bicyclic) bond motifs is 5. The third-order valence-corrected chi connectivity index (χ3v) is 10.5. The first kappa shape index (κ1) is 20.9. The van der Waals surface area contributed by atoms with Gasteiger partial charge in [0, 0.05) is 0 Å². The normalized spacial score (nSPS) is 48.7. The Bertz CT molecular complexity index is 622. The summed E-state index contributed by atoms with van der Waals surface area (Å²) in [5.74, 6) is 3.48. The summed E-state index contributed by atoms with van der Waals surface area (Å²) in [4.78, 5) is 0. The lowest BCUT2D eigenvalue weighted by Gasteiger charge is -2.58. The molecule has 0 radical (unpaired) electrons. The van der Waals surface area contributed by atoms with E-state index in [1.807, 2.05) is 0 Å². The molecule has 4 aliphatic carbocycles. The highest BCUT2D eigenvalue weighted by Crippen LogP contribution is 2.67. The molecular weight excluding hydrogens is 344 g/mol. The van der Waals surface area contributed by atoms with Gasteiger partial charge in [-0.1, -0.05) is 45.8 Å². The Balaban J connectivity index is 1.59. The van der Waals surface area contributed by atoms with Crippen molar-refractivity contribution in [2.75, 3.05) is 0 Å². The largest absolute Gasteiger partial charge is 0.393 e. The highest BCUT2D eigenvalue weighted by atomic mass is 16.3. The number of rotatable bonds is 4. The van der Waals surface area contributed by atoms with E-state index in [1.165, 1.54) is 38.5 Å². The van der Waals surface area contributed by atoms with Gasteiger partial charge in [-0.3, -0.25) is 0 Å². The molecular formula is C26H44O2. The monoisotopic (exact) mass is 388 g/mol. The van der Waals surface area contributed by atoms with Gasteiger partial charge in [0.05, 0.1) is 11.7 Å². The molecule has 9 atom stereocenters. The molecule has 4 rings (SSSR count). The predicted octanol–water partition coefficient (Wildman–Crippen LogP) is 6.11. The van der Waals surface area contributed by atoms with Crippen molar-refractivity contribution in [3.63, 3.8) is 0 Å². The van der Waals surface area contributed by atoms with Gasteiger partial charge in [0.1, 0.15) is 0 Å². The molecule has 4 aliphatic rings. The minimum absolute atomic E-state index is 0.109. The van der Waals surface area contributed by atoms with Crippen LogP contribution in [0.3, 0.4) is 0 Å². The van der Waals surface area contributed by atoms with Crippen molar-refractivity contribution in [1.29, 1.82) is 0 Å². The van der Waals surface area contributed by atoms with Crippen LogP contribution in [0, 0.1) is 40.4 Å². The Morgan fingerprint density at radius 1 is 1.14 bits per heavy atom. The van der Waals surface area contributed by atoms with Crippen LogP contribution in [-0.4, -0.2) is 21.9 Å². The van der Waals surface area contributed by atoms with Gasteiger partial charge in [0.15, 0.2) is 0 Å². The molecule has 0 amide bonds. The van der Waals surface area contributed by atoms with Gasteiger partial charge in [-0.25, -0.2) is 0 Å². The van der Waals surface area contributed by atoms with Gasteiger partial charge in [-0.05, 0) is 105 Å². The quantitative estimate of drug-likeness (QED) is 0.570. The summed E-state index contributed by atoms with van der Waals surface area (Å²) < 4.78 is 0. The first-order chi connectivity index (χ1) is 13.1. The molecule has 3 fully saturated rings. The maximum absolute atomic E-state index is 11.2. The van der Waals surface area contributed by atoms with Gasteiger partial charge in [-0.15, -0.1) is 0 Å². The third-order valence-electron chi connectivity index (χ3n) is 10.5. The number of hydrogen-bond donors (Lipinski definition) is 2. The lowest BCUT2D eigenvalue weighted by Crippen LogP contribution is -2.52. The van der Waals surface area contributed by atoms with E-state index in [-0.39, 0.29) is 6.10 Å². The summed E-state index contributed by atoms with van der Waals surface area (Å²) in [5.41, 5.74) is 1.78. The Kier molecular flexibility index (Phi) is 5.32. The third kappa shape index (κ3) is 3.04. The number of aliphatic hydroxyl groups is 2. The molecule has 0 bridgehead atoms. The minimum atomic E-state index is -0.528. The number of hydrogen-bond acceptors (Lipinski definition) is 2. The summed E-state index contributed by atoms with van der Waals surface area (Å²) in [6.07, 6.45) is 14.1. The standard InChI is InChI=1S/C26H44O2/c1-6-13-26(5,28)17(2)21-9-10-22-20-8-7-18-16-19(27)11-14-24(18,3)23(20)12-15-25(21,22)4/h7,17,19-23,27-28H,6,8-16H2,1-5H3/t17-,19-,20?,21+,22?,23?,24-,25+,26?/m0/s1. The molecule has 3 saturated carbocycles. The van der Waals surface area contributed by atoms with Crippen LogP contribution in [0.1, 0.15) is 98.8 Å². The Hall–Kier alpha value is -0.340. The topological polar surface area (TPSA) is 40.5 Å². The molecule has 0 aromatic rings. The van der Waals surface area contributed by atoms with E-state index in [0.717, 1.165) is 43.4 Å². The highest BCUT2D eigenvalue weighted by molar-refractivity contribution is 5.25. The van der Waals surface area contributed by atoms with Crippen molar-refractivity contribution in [1.82, 2.24) is 0 Å². The summed E-state index contributed by atoms with van der Waals surface area (Å²) in [6.45, 7) is 11.7. The van der Waals surface area contributed by atoms with E-state index in [4.69, 9.17) is 0 Å². The molecule has 160 valence electrons. The molecule has 0 aromatic heterocycles. The molecule has 2 heteroatoms. The summed E-state index contributed by atoms with van der Waals surface area (Å²) in [7, 11) is 0. The highest BCUT2D eigenvalue weighted by Gasteiger charge is 2.60. The summed E-state index contributed by atoms with van der Waals surface area (Å²) in [5, 5.41) is 21.4. The maximum Gasteiger partial charge on any atom is 0.0647 e. The first-order valence-electron chi connectivity index (χ1n) is 12.2. The van der Waals surface area contributed by atoms with Gasteiger partial charge < -0.3 is 10.2 Å². The van der Waals surface area contributed by atoms with Crippen LogP contribution in [0.4, 0.5) is 0 Å². The van der Waals surface area contributed by atoms with E-state index in [9.17, 15) is 10.2 Å². The Labute approximate surface area is 173 Å². The van der Waals surface area contributed by atoms with Crippen LogP contribution in [0.25, 0.3) is 0 Å². The van der Waals surface area contributed by atoms with Gasteiger partial charge in [0.25, 0.3) is 0 Å². The average molecular weight is 389 g/mol. The van der Waals surface area contributed by atoms with Crippen LogP contribution in [0.2, 0.25) is 0 Å². The summed E-state index contributed by atoms with van der Waals surface area (Å²) in [6, 6.07) is 0. The van der Waals surface area contributed by atoms with Crippen molar-refractivity contribution in [3.05, 3.63) is 11.6 Å². The molecule has 4 unspecified atom stereocenters. The fourth-order valence-corrected chi connectivity index (χ4v) is 8.67. The lowest BCUT2D eigenvalue weighted by molar-refractivity contribution is -0.0906. The Morgan fingerprint density at radius 3 is 2.61 bits per heavy atom. The molecule has 0 aromatic carbocycles. The van der Waals surface area contributed by atoms with Crippen molar-refractivity contribution >= 4 is 0 Å². The van der Waals surface area contributed by atoms with E-state index in [1.54, 1.807) is 5.57 Å². The fourth-order valence-electron chi connectivity index (χ4n) is 8.67. The van der Waals surface area contributed by atoms with E-state index >= 15 is 0 Å². The minimum Gasteiger partial charge on any atom is -0.393 e. The van der Waals surface area contributed by atoms with Crippen LogP contribution >= 0.6 is 0 Å². The van der Waals surface area contributed by atoms with Gasteiger partial charge in [-0.2, -0.15) is 0 Å². The second kappa shape index (κ2) is 7.12. The second-order valence-electron chi connectivity index (χ2n) is 11.8. The maximum atomic E-state index is 11.2. The zero-order valence-corrected chi connectivity index (χ0v) is 19.0. The smallest absolute Gasteiger partial charge is 0.0647 e. The van der Waals surface area contributed by atoms with Crippen LogP contribution in [0.5, 0.6) is 0 Å². The zero-order chi connectivity index (χ0) is 20.3. The SMILES string of the molecule is CCCC(C)(O)[C@@H](C)[C@H]1CCC2C3CC=C4C[C@@H](O)CC[C@]4(C)C3CC[C@@]21C. The van der Waals surface area contributed by atoms with Crippen molar-refractivity contribution < 1.29 is 10.2 Å². The molecule has 28 heavy (non-hydrogen) atoms. The zero-order valence-electron chi connectivity index (χ0n) is 19.0. The van der Waals surface area contributed by atoms with Crippen molar-refractivity contribution in [2.45, 2.75) is 111 Å². The molecule has 0 aliphatic heterocycles. The van der Waals surface area contributed by atoms with Crippen LogP contribution in [0.15, 0.2) is 11.6 Å². The van der Waals surface area contributed by atoms with Crippen molar-refractivity contribution in [2.24, 2.45) is 40.4 Å². The summed E-state index contributed by atoms with van der Waals surface area (Å²) >= 11 is 0. The van der Waals surface area contributed by atoms with Gasteiger partial charge in [0.2, 0.25) is 0 Å². The predicted molar refractivity (Wildman–Crippen MR) is 116 cm³/mol. The van der Waals surface area contributed by atoms with Crippen LogP contribution in [-0.2, 0) is 0 Å². The molecule has 0 spiro atoms. The lowest BCUT2D eigenvalue weighted by atomic mass is 9.46. The molecule has 0 heterocycles. The number of allylic oxidation sites excluding steroid dienone is 1. The molecule has 2 nitrogen and oxygen atoms in total. The van der Waals surface area contributed by atoms with E-state index < -0.39 is 5.60 Å². The second-order valence-corrected chi connectivity index (χ2v) is 11.8. The molecule has 0 saturated heterocycles. The molecule has 2 N–H and O–H groups in total. The first-order valence-corrected chi connectivity index (χ1v) is 12.2. The average Bonchev–Trinajstić information content (AvgIpc) is 2.98. The fraction of sp³-hybridized carbons (Fsp3) is 0.923.